The number of rotatable bonds is 5. The van der Waals surface area contributed by atoms with Gasteiger partial charge in [-0.25, -0.2) is 4.98 Å². The molecule has 0 aliphatic heterocycles. The van der Waals surface area contributed by atoms with Crippen molar-refractivity contribution in [3.05, 3.63) is 30.1 Å². The third-order valence-corrected chi connectivity index (χ3v) is 2.89. The van der Waals surface area contributed by atoms with Crippen molar-refractivity contribution in [3.8, 4) is 0 Å². The maximum atomic E-state index is 12.1. The maximum Gasteiger partial charge on any atom is 0.253 e. The largest absolute Gasteiger partial charge is 0.394 e. The highest BCUT2D eigenvalue weighted by atomic mass is 16.5. The number of aromatic nitrogens is 2. The van der Waals surface area contributed by atoms with Gasteiger partial charge in [-0.05, 0) is 19.1 Å². The van der Waals surface area contributed by atoms with Crippen molar-refractivity contribution in [3.63, 3.8) is 0 Å². The molecule has 0 bridgehead atoms. The summed E-state index contributed by atoms with van der Waals surface area (Å²) in [5.74, 6) is -0.288. The lowest BCUT2D eigenvalue weighted by molar-refractivity contribution is 0.0597. The second-order valence-electron chi connectivity index (χ2n) is 4.75. The van der Waals surface area contributed by atoms with Crippen LogP contribution in [0.15, 0.2) is 24.5 Å². The molecule has 1 unspecified atom stereocenters. The number of H-pyrrole nitrogens is 1. The Hall–Kier alpha value is -1.92. The second-order valence-corrected chi connectivity index (χ2v) is 4.75. The van der Waals surface area contributed by atoms with E-state index in [2.05, 4.69) is 15.3 Å². The fraction of sp³-hybridized carbons (Fsp3) is 0.385. The number of aliphatic hydroxyl groups is 1. The smallest absolute Gasteiger partial charge is 0.253 e. The molecule has 2 rings (SSSR count). The molecule has 19 heavy (non-hydrogen) atoms. The van der Waals surface area contributed by atoms with Crippen LogP contribution in [-0.4, -0.2) is 46.8 Å². The Morgan fingerprint density at radius 3 is 3.11 bits per heavy atom. The summed E-state index contributed by atoms with van der Waals surface area (Å²) in [7, 11) is 1.52. The van der Waals surface area contributed by atoms with E-state index >= 15 is 0 Å². The highest BCUT2D eigenvalue weighted by Crippen LogP contribution is 2.12. The summed E-state index contributed by atoms with van der Waals surface area (Å²) in [5, 5.41) is 13.0. The molecule has 3 N–H and O–H groups in total. The molecule has 0 radical (unpaired) electrons. The van der Waals surface area contributed by atoms with Crippen LogP contribution in [0.25, 0.3) is 11.0 Å². The number of carbonyl (C=O) groups excluding carboxylic acids is 1. The van der Waals surface area contributed by atoms with Gasteiger partial charge >= 0.3 is 0 Å². The molecule has 2 aromatic heterocycles. The summed E-state index contributed by atoms with van der Waals surface area (Å²) in [5.41, 5.74) is 0.375. The van der Waals surface area contributed by atoms with Crippen LogP contribution in [-0.2, 0) is 4.74 Å². The molecule has 0 saturated carbocycles. The van der Waals surface area contributed by atoms with Crippen LogP contribution < -0.4 is 5.32 Å². The Morgan fingerprint density at radius 1 is 1.63 bits per heavy atom. The van der Waals surface area contributed by atoms with Gasteiger partial charge in [0.15, 0.2) is 0 Å². The van der Waals surface area contributed by atoms with Crippen LogP contribution in [0.3, 0.4) is 0 Å². The summed E-state index contributed by atoms with van der Waals surface area (Å²) >= 11 is 0. The topological polar surface area (TPSA) is 87.2 Å². The molecule has 102 valence electrons. The van der Waals surface area contributed by atoms with E-state index in [4.69, 9.17) is 4.74 Å². The van der Waals surface area contributed by atoms with Gasteiger partial charge in [-0.3, -0.25) is 4.79 Å². The number of hydrogen-bond donors (Lipinski definition) is 3. The Labute approximate surface area is 110 Å². The number of aliphatic hydroxyl groups excluding tert-OH is 1. The maximum absolute atomic E-state index is 12.1. The van der Waals surface area contributed by atoms with E-state index in [1.165, 1.54) is 13.3 Å². The third-order valence-electron chi connectivity index (χ3n) is 2.89. The Morgan fingerprint density at radius 2 is 2.42 bits per heavy atom. The third kappa shape index (κ3) is 2.91. The van der Waals surface area contributed by atoms with Crippen molar-refractivity contribution < 1.29 is 14.6 Å². The highest BCUT2D eigenvalue weighted by molar-refractivity contribution is 5.97. The minimum absolute atomic E-state index is 0.202. The summed E-state index contributed by atoms with van der Waals surface area (Å²) in [6.07, 6.45) is 3.26. The number of nitrogens with zero attached hydrogens (tertiary/aromatic N) is 1. The van der Waals surface area contributed by atoms with Crippen LogP contribution in [0.1, 0.15) is 17.3 Å². The zero-order chi connectivity index (χ0) is 13.9. The van der Waals surface area contributed by atoms with Gasteiger partial charge in [-0.2, -0.15) is 0 Å². The van der Waals surface area contributed by atoms with Gasteiger partial charge in [0.05, 0.1) is 24.3 Å². The number of carbonyl (C=O) groups is 1. The molecular weight excluding hydrogens is 246 g/mol. The number of nitrogens with one attached hydrogen (secondary N) is 2. The summed E-state index contributed by atoms with van der Waals surface area (Å²) in [4.78, 5) is 19.2. The first-order valence-electron chi connectivity index (χ1n) is 5.93. The van der Waals surface area contributed by atoms with E-state index in [-0.39, 0.29) is 19.1 Å². The molecular formula is C13H17N3O3. The van der Waals surface area contributed by atoms with Gasteiger partial charge in [0.2, 0.25) is 0 Å². The number of hydrogen-bond acceptors (Lipinski definition) is 4. The van der Waals surface area contributed by atoms with Crippen molar-refractivity contribution in [2.45, 2.75) is 12.5 Å². The second kappa shape index (κ2) is 5.38. The fourth-order valence-electron chi connectivity index (χ4n) is 1.85. The zero-order valence-electron chi connectivity index (χ0n) is 10.9. The first-order chi connectivity index (χ1) is 9.08. The molecule has 1 amide bonds. The van der Waals surface area contributed by atoms with Crippen LogP contribution >= 0.6 is 0 Å². The number of ether oxygens (including phenoxy) is 1. The van der Waals surface area contributed by atoms with E-state index in [0.717, 1.165) is 11.0 Å². The summed E-state index contributed by atoms with van der Waals surface area (Å²) in [6.45, 7) is 1.75. The van der Waals surface area contributed by atoms with Crippen molar-refractivity contribution in [2.24, 2.45) is 0 Å². The van der Waals surface area contributed by atoms with Crippen molar-refractivity contribution in [1.82, 2.24) is 15.3 Å². The Balaban J connectivity index is 2.18. The van der Waals surface area contributed by atoms with Crippen molar-refractivity contribution >= 4 is 16.9 Å². The molecule has 0 spiro atoms. The standard InChI is InChI=1S/C13H17N3O3/c1-13(7-17,8-19-2)16-12(18)10-5-9-3-4-14-11(9)15-6-10/h3-6,17H,7-8H2,1-2H3,(H,14,15)(H,16,18). The molecule has 0 fully saturated rings. The number of amides is 1. The molecule has 0 aliphatic rings. The van der Waals surface area contributed by atoms with Crippen LogP contribution in [0.5, 0.6) is 0 Å². The quantitative estimate of drug-likeness (QED) is 0.740. The lowest BCUT2D eigenvalue weighted by Gasteiger charge is -2.27. The lowest BCUT2D eigenvalue weighted by atomic mass is 10.0. The molecule has 6 heteroatoms. The van der Waals surface area contributed by atoms with Gasteiger partial charge < -0.3 is 20.1 Å². The van der Waals surface area contributed by atoms with Gasteiger partial charge in [0, 0.05) is 24.9 Å². The fourth-order valence-corrected chi connectivity index (χ4v) is 1.85. The molecule has 0 aliphatic carbocycles. The first-order valence-corrected chi connectivity index (χ1v) is 5.93. The first kappa shape index (κ1) is 13.5. The number of methoxy groups -OCH3 is 1. The van der Waals surface area contributed by atoms with E-state index in [9.17, 15) is 9.90 Å². The van der Waals surface area contributed by atoms with Crippen LogP contribution in [0, 0.1) is 0 Å². The Bertz CT molecular complexity index is 581. The summed E-state index contributed by atoms with van der Waals surface area (Å²) < 4.78 is 5.00. The monoisotopic (exact) mass is 263 g/mol. The minimum Gasteiger partial charge on any atom is -0.394 e. The zero-order valence-corrected chi connectivity index (χ0v) is 10.9. The average molecular weight is 263 g/mol. The van der Waals surface area contributed by atoms with E-state index in [1.54, 1.807) is 19.2 Å². The average Bonchev–Trinajstić information content (AvgIpc) is 2.86. The predicted octanol–water partition coefficient (Wildman–Crippen LogP) is 0.690. The molecule has 2 aromatic rings. The van der Waals surface area contributed by atoms with Crippen LogP contribution in [0.4, 0.5) is 0 Å². The highest BCUT2D eigenvalue weighted by Gasteiger charge is 2.26. The SMILES string of the molecule is COCC(C)(CO)NC(=O)c1cnc2[nH]ccc2c1. The predicted molar refractivity (Wildman–Crippen MR) is 70.9 cm³/mol. The van der Waals surface area contributed by atoms with Crippen LogP contribution in [0.2, 0.25) is 0 Å². The van der Waals surface area contributed by atoms with Gasteiger partial charge in [-0.15, -0.1) is 0 Å². The number of pyridine rings is 1. The molecule has 6 nitrogen and oxygen atoms in total. The lowest BCUT2D eigenvalue weighted by Crippen LogP contribution is -2.52. The molecule has 1 atom stereocenters. The number of fused-ring (bicyclic) bond motifs is 1. The minimum atomic E-state index is -0.807. The molecule has 0 saturated heterocycles. The van der Waals surface area contributed by atoms with Crippen molar-refractivity contribution in [2.75, 3.05) is 20.3 Å². The van der Waals surface area contributed by atoms with Crippen molar-refractivity contribution in [1.29, 1.82) is 0 Å². The van der Waals surface area contributed by atoms with Gasteiger partial charge in [-0.1, -0.05) is 0 Å². The van der Waals surface area contributed by atoms with Gasteiger partial charge in [0.1, 0.15) is 5.65 Å². The molecule has 0 aromatic carbocycles. The summed E-state index contributed by atoms with van der Waals surface area (Å²) in [6, 6.07) is 3.60. The van der Waals surface area contributed by atoms with E-state index in [1.807, 2.05) is 6.07 Å². The van der Waals surface area contributed by atoms with Gasteiger partial charge in [0.25, 0.3) is 5.91 Å². The normalized spacial score (nSPS) is 14.3. The van der Waals surface area contributed by atoms with E-state index < -0.39 is 5.54 Å². The molecule has 2 heterocycles. The van der Waals surface area contributed by atoms with E-state index in [0.29, 0.717) is 5.56 Å². The number of aromatic amines is 1. The Kier molecular flexibility index (Phi) is 3.82.